The molecule has 2 heterocycles. The molecule has 2 rings (SSSR count). The van der Waals surface area contributed by atoms with E-state index in [1.165, 1.54) is 4.88 Å². The predicted octanol–water partition coefficient (Wildman–Crippen LogP) is 2.01. The third-order valence-corrected chi connectivity index (χ3v) is 3.46. The number of nitrogens with zero attached hydrogens (tertiary/aromatic N) is 2. The first-order valence-electron chi connectivity index (χ1n) is 4.88. The highest BCUT2D eigenvalue weighted by molar-refractivity contribution is 7.15. The molecule has 0 aromatic carbocycles. The Morgan fingerprint density at radius 1 is 1.33 bits per heavy atom. The lowest BCUT2D eigenvalue weighted by Crippen LogP contribution is -2.01. The maximum atomic E-state index is 5.55. The average molecular weight is 219 g/mol. The van der Waals surface area contributed by atoms with Gasteiger partial charge in [0.1, 0.15) is 5.01 Å². The van der Waals surface area contributed by atoms with Gasteiger partial charge in [0.25, 0.3) is 0 Å². The average Bonchev–Trinajstić information content (AvgIpc) is 2.63. The van der Waals surface area contributed by atoms with E-state index >= 15 is 0 Å². The second-order valence-corrected chi connectivity index (χ2v) is 4.39. The number of hydrogen-bond donors (Lipinski definition) is 1. The molecule has 2 aromatic rings. The molecule has 0 radical (unpaired) electrons. The van der Waals surface area contributed by atoms with Crippen LogP contribution in [0.3, 0.4) is 0 Å². The van der Waals surface area contributed by atoms with Crippen LogP contribution in [0.2, 0.25) is 0 Å². The standard InChI is InChI=1S/C11H13N3S/c1-8-10(2-5-12)15-11(14-8)9-3-6-13-7-4-9/h3-4,6-7H,2,5,12H2,1H3. The summed E-state index contributed by atoms with van der Waals surface area (Å²) in [7, 11) is 0. The van der Waals surface area contributed by atoms with E-state index < -0.39 is 0 Å². The fourth-order valence-corrected chi connectivity index (χ4v) is 2.49. The molecule has 0 spiro atoms. The molecular weight excluding hydrogens is 206 g/mol. The molecule has 0 fully saturated rings. The molecule has 2 aromatic heterocycles. The van der Waals surface area contributed by atoms with Crippen molar-refractivity contribution in [1.82, 2.24) is 9.97 Å². The monoisotopic (exact) mass is 219 g/mol. The molecule has 0 saturated carbocycles. The van der Waals surface area contributed by atoms with Crippen molar-refractivity contribution < 1.29 is 0 Å². The van der Waals surface area contributed by atoms with Crippen LogP contribution in [0.1, 0.15) is 10.6 Å². The fourth-order valence-electron chi connectivity index (χ4n) is 1.41. The van der Waals surface area contributed by atoms with E-state index in [0.29, 0.717) is 6.54 Å². The first kappa shape index (κ1) is 10.3. The van der Waals surface area contributed by atoms with Crippen LogP contribution in [0.4, 0.5) is 0 Å². The summed E-state index contributed by atoms with van der Waals surface area (Å²) in [6.45, 7) is 2.71. The van der Waals surface area contributed by atoms with Gasteiger partial charge >= 0.3 is 0 Å². The number of rotatable bonds is 3. The highest BCUT2D eigenvalue weighted by Gasteiger charge is 2.07. The van der Waals surface area contributed by atoms with Gasteiger partial charge in [-0.2, -0.15) is 0 Å². The summed E-state index contributed by atoms with van der Waals surface area (Å²) in [5.74, 6) is 0. The van der Waals surface area contributed by atoms with Crippen LogP contribution in [0.25, 0.3) is 10.6 Å². The molecule has 0 saturated heterocycles. The van der Waals surface area contributed by atoms with Crippen molar-refractivity contribution in [3.63, 3.8) is 0 Å². The van der Waals surface area contributed by atoms with Crippen LogP contribution >= 0.6 is 11.3 Å². The smallest absolute Gasteiger partial charge is 0.123 e. The Kier molecular flexibility index (Phi) is 3.08. The minimum absolute atomic E-state index is 0.679. The second kappa shape index (κ2) is 4.51. The Bertz CT molecular complexity index is 436. The summed E-state index contributed by atoms with van der Waals surface area (Å²) in [6.07, 6.45) is 4.48. The first-order chi connectivity index (χ1) is 7.31. The third kappa shape index (κ3) is 2.22. The minimum Gasteiger partial charge on any atom is -0.330 e. The summed E-state index contributed by atoms with van der Waals surface area (Å²) in [5.41, 5.74) is 7.77. The SMILES string of the molecule is Cc1nc(-c2ccncc2)sc1CCN. The van der Waals surface area contributed by atoms with Gasteiger partial charge in [-0.15, -0.1) is 11.3 Å². The van der Waals surface area contributed by atoms with Gasteiger partial charge in [0.2, 0.25) is 0 Å². The molecule has 0 amide bonds. The number of pyridine rings is 1. The zero-order valence-corrected chi connectivity index (χ0v) is 9.42. The summed E-state index contributed by atoms with van der Waals surface area (Å²) in [4.78, 5) is 9.81. The lowest BCUT2D eigenvalue weighted by atomic mass is 10.3. The number of nitrogens with two attached hydrogens (primary N) is 1. The lowest BCUT2D eigenvalue weighted by molar-refractivity contribution is 0.970. The Labute approximate surface area is 93.0 Å². The normalized spacial score (nSPS) is 10.5. The zero-order valence-electron chi connectivity index (χ0n) is 8.60. The summed E-state index contributed by atoms with van der Waals surface area (Å²) < 4.78 is 0. The molecule has 0 unspecified atom stereocenters. The number of hydrogen-bond acceptors (Lipinski definition) is 4. The van der Waals surface area contributed by atoms with Crippen molar-refractivity contribution in [2.24, 2.45) is 5.73 Å². The van der Waals surface area contributed by atoms with Crippen molar-refractivity contribution >= 4 is 11.3 Å². The van der Waals surface area contributed by atoms with Crippen molar-refractivity contribution in [3.05, 3.63) is 35.1 Å². The fraction of sp³-hybridized carbons (Fsp3) is 0.273. The highest BCUT2D eigenvalue weighted by atomic mass is 32.1. The predicted molar refractivity (Wildman–Crippen MR) is 62.8 cm³/mol. The second-order valence-electron chi connectivity index (χ2n) is 3.30. The molecule has 0 aliphatic heterocycles. The van der Waals surface area contributed by atoms with Crippen LogP contribution in [0.5, 0.6) is 0 Å². The van der Waals surface area contributed by atoms with Crippen molar-refractivity contribution in [2.75, 3.05) is 6.54 Å². The molecule has 4 heteroatoms. The summed E-state index contributed by atoms with van der Waals surface area (Å²) in [6, 6.07) is 3.95. The van der Waals surface area contributed by atoms with E-state index in [4.69, 9.17) is 5.73 Å². The van der Waals surface area contributed by atoms with Crippen molar-refractivity contribution in [3.8, 4) is 10.6 Å². The molecule has 0 atom stereocenters. The molecular formula is C11H13N3S. The van der Waals surface area contributed by atoms with E-state index in [1.54, 1.807) is 23.7 Å². The van der Waals surface area contributed by atoms with Gasteiger partial charge in [-0.1, -0.05) is 0 Å². The van der Waals surface area contributed by atoms with Gasteiger partial charge in [-0.05, 0) is 32.0 Å². The Morgan fingerprint density at radius 3 is 2.73 bits per heavy atom. The van der Waals surface area contributed by atoms with E-state index in [9.17, 15) is 0 Å². The lowest BCUT2D eigenvalue weighted by Gasteiger charge is -1.92. The van der Waals surface area contributed by atoms with E-state index in [2.05, 4.69) is 9.97 Å². The van der Waals surface area contributed by atoms with Crippen molar-refractivity contribution in [1.29, 1.82) is 0 Å². The molecule has 15 heavy (non-hydrogen) atoms. The van der Waals surface area contributed by atoms with E-state index in [-0.39, 0.29) is 0 Å². The van der Waals surface area contributed by atoms with Gasteiger partial charge in [0.05, 0.1) is 5.69 Å². The van der Waals surface area contributed by atoms with Crippen molar-refractivity contribution in [2.45, 2.75) is 13.3 Å². The number of aromatic nitrogens is 2. The number of thiazole rings is 1. The maximum Gasteiger partial charge on any atom is 0.123 e. The molecule has 78 valence electrons. The number of aryl methyl sites for hydroxylation is 1. The summed E-state index contributed by atoms with van der Waals surface area (Å²) in [5, 5.41) is 1.05. The Morgan fingerprint density at radius 2 is 2.07 bits per heavy atom. The molecule has 0 aliphatic rings. The zero-order chi connectivity index (χ0) is 10.7. The van der Waals surface area contributed by atoms with Gasteiger partial charge in [-0.25, -0.2) is 4.98 Å². The van der Waals surface area contributed by atoms with Crippen LogP contribution in [0.15, 0.2) is 24.5 Å². The first-order valence-corrected chi connectivity index (χ1v) is 5.69. The topological polar surface area (TPSA) is 51.8 Å². The molecule has 0 bridgehead atoms. The van der Waals surface area contributed by atoms with Crippen LogP contribution in [0, 0.1) is 6.92 Å². The van der Waals surface area contributed by atoms with Crippen LogP contribution < -0.4 is 5.73 Å². The quantitative estimate of drug-likeness (QED) is 0.859. The van der Waals surface area contributed by atoms with Crippen LogP contribution in [-0.4, -0.2) is 16.5 Å². The highest BCUT2D eigenvalue weighted by Crippen LogP contribution is 2.27. The van der Waals surface area contributed by atoms with E-state index in [0.717, 1.165) is 22.7 Å². The Hall–Kier alpha value is -1.26. The molecule has 3 nitrogen and oxygen atoms in total. The minimum atomic E-state index is 0.679. The van der Waals surface area contributed by atoms with Gasteiger partial charge in [0.15, 0.2) is 0 Å². The summed E-state index contributed by atoms with van der Waals surface area (Å²) >= 11 is 1.72. The Balaban J connectivity index is 2.34. The largest absolute Gasteiger partial charge is 0.330 e. The maximum absolute atomic E-state index is 5.55. The van der Waals surface area contributed by atoms with Gasteiger partial charge in [0, 0.05) is 22.8 Å². The third-order valence-electron chi connectivity index (χ3n) is 2.19. The van der Waals surface area contributed by atoms with Crippen LogP contribution in [-0.2, 0) is 6.42 Å². The van der Waals surface area contributed by atoms with Gasteiger partial charge < -0.3 is 5.73 Å². The van der Waals surface area contributed by atoms with Gasteiger partial charge in [-0.3, -0.25) is 4.98 Å². The van der Waals surface area contributed by atoms with E-state index in [1.807, 2.05) is 19.1 Å². The molecule has 0 aliphatic carbocycles. The molecule has 2 N–H and O–H groups in total.